The Morgan fingerprint density at radius 3 is 2.30 bits per heavy atom. The van der Waals surface area contributed by atoms with Gasteiger partial charge in [0.2, 0.25) is 0 Å². The van der Waals surface area contributed by atoms with Crippen molar-refractivity contribution in [1.82, 2.24) is 24.3 Å². The fourth-order valence-corrected chi connectivity index (χ4v) is 3.94. The number of nitrogens with zero attached hydrogens (tertiary/aromatic N) is 6. The minimum absolute atomic E-state index is 0.846. The molecule has 0 spiro atoms. The molecular weight excluding hydrogens is 489 g/mol. The number of benzene rings is 1. The van der Waals surface area contributed by atoms with Gasteiger partial charge in [-0.05, 0) is 36.4 Å². The van der Waals surface area contributed by atoms with E-state index in [9.17, 15) is 13.2 Å². The van der Waals surface area contributed by atoms with Gasteiger partial charge >= 0.3 is 12.1 Å². The van der Waals surface area contributed by atoms with E-state index in [4.69, 9.17) is 19.6 Å². The summed E-state index contributed by atoms with van der Waals surface area (Å²) in [6, 6.07) is 14.1. The number of anilines is 1. The van der Waals surface area contributed by atoms with E-state index in [0.717, 1.165) is 66.9 Å². The highest BCUT2D eigenvalue weighted by atomic mass is 19.4. The molecule has 0 aliphatic carbocycles. The molecule has 0 amide bonds. The second-order valence-electron chi connectivity index (χ2n) is 8.20. The van der Waals surface area contributed by atoms with Crippen molar-refractivity contribution in [1.29, 1.82) is 0 Å². The SMILES string of the molecule is COc1ccc(-c2cnc3c(N4CCN(Cc5ccccn5)CC4)nccn23)cc1.O=C(O)C(F)(F)F. The van der Waals surface area contributed by atoms with E-state index in [1.54, 1.807) is 7.11 Å². The van der Waals surface area contributed by atoms with Crippen LogP contribution in [0.25, 0.3) is 16.9 Å². The Kier molecular flexibility index (Phi) is 7.87. The first-order valence-corrected chi connectivity index (χ1v) is 11.4. The van der Waals surface area contributed by atoms with E-state index in [1.165, 1.54) is 0 Å². The van der Waals surface area contributed by atoms with Crippen molar-refractivity contribution in [2.24, 2.45) is 0 Å². The number of alkyl halides is 3. The van der Waals surface area contributed by atoms with Crippen LogP contribution in [0.2, 0.25) is 0 Å². The lowest BCUT2D eigenvalue weighted by Gasteiger charge is -2.35. The molecule has 4 heterocycles. The monoisotopic (exact) mass is 514 g/mol. The number of rotatable bonds is 5. The number of piperazine rings is 1. The van der Waals surface area contributed by atoms with Gasteiger partial charge < -0.3 is 14.7 Å². The van der Waals surface area contributed by atoms with Crippen molar-refractivity contribution in [3.05, 3.63) is 72.9 Å². The Morgan fingerprint density at radius 2 is 1.70 bits per heavy atom. The van der Waals surface area contributed by atoms with Crippen LogP contribution in [0.4, 0.5) is 19.0 Å². The van der Waals surface area contributed by atoms with E-state index >= 15 is 0 Å². The Balaban J connectivity index is 0.000000405. The molecule has 37 heavy (non-hydrogen) atoms. The normalized spacial score (nSPS) is 14.2. The third-order valence-corrected chi connectivity index (χ3v) is 5.82. The summed E-state index contributed by atoms with van der Waals surface area (Å²) >= 11 is 0. The number of carboxylic acids is 1. The maximum atomic E-state index is 10.6. The number of aliphatic carboxylic acids is 1. The first kappa shape index (κ1) is 25.9. The van der Waals surface area contributed by atoms with Gasteiger partial charge in [0.05, 0.1) is 24.7 Å². The number of hydrogen-bond acceptors (Lipinski definition) is 7. The third kappa shape index (κ3) is 6.33. The van der Waals surface area contributed by atoms with E-state index in [-0.39, 0.29) is 0 Å². The summed E-state index contributed by atoms with van der Waals surface area (Å²) in [5.41, 5.74) is 4.15. The average molecular weight is 515 g/mol. The lowest BCUT2D eigenvalue weighted by Crippen LogP contribution is -2.46. The molecule has 1 fully saturated rings. The summed E-state index contributed by atoms with van der Waals surface area (Å²) in [5.74, 6) is -0.972. The molecular formula is C25H25F3N6O3. The zero-order valence-electron chi connectivity index (χ0n) is 20.0. The molecule has 0 bridgehead atoms. The van der Waals surface area contributed by atoms with Gasteiger partial charge in [0, 0.05) is 56.9 Å². The number of hydrogen-bond donors (Lipinski definition) is 1. The van der Waals surface area contributed by atoms with Crippen molar-refractivity contribution >= 4 is 17.4 Å². The smallest absolute Gasteiger partial charge is 0.490 e. The number of aromatic nitrogens is 4. The van der Waals surface area contributed by atoms with Gasteiger partial charge in [-0.3, -0.25) is 14.3 Å². The predicted molar refractivity (Wildman–Crippen MR) is 130 cm³/mol. The highest BCUT2D eigenvalue weighted by Gasteiger charge is 2.38. The van der Waals surface area contributed by atoms with Crippen molar-refractivity contribution in [3.63, 3.8) is 0 Å². The number of methoxy groups -OCH3 is 1. The van der Waals surface area contributed by atoms with Crippen molar-refractivity contribution < 1.29 is 27.8 Å². The van der Waals surface area contributed by atoms with Gasteiger partial charge in [-0.1, -0.05) is 6.07 Å². The van der Waals surface area contributed by atoms with Crippen LogP contribution in [0.3, 0.4) is 0 Å². The third-order valence-electron chi connectivity index (χ3n) is 5.82. The number of carbonyl (C=O) groups is 1. The average Bonchev–Trinajstić information content (AvgIpc) is 3.34. The molecule has 1 aromatic carbocycles. The van der Waals surface area contributed by atoms with E-state index in [0.29, 0.717) is 0 Å². The highest BCUT2D eigenvalue weighted by Crippen LogP contribution is 2.27. The standard InChI is InChI=1S/C23H24N6O.C2HF3O2/c1-30-20-7-5-18(6-8-20)21-16-26-23-22(25-10-11-29(21)23)28-14-12-27(13-15-28)17-19-4-2-3-9-24-19;3-2(4,5)1(6)7/h2-11,16H,12-15,17H2,1H3;(H,6,7). The van der Waals surface area contributed by atoms with Gasteiger partial charge in [-0.25, -0.2) is 14.8 Å². The fourth-order valence-electron chi connectivity index (χ4n) is 3.94. The van der Waals surface area contributed by atoms with Crippen LogP contribution < -0.4 is 9.64 Å². The molecule has 0 unspecified atom stereocenters. The summed E-state index contributed by atoms with van der Waals surface area (Å²) in [6.45, 7) is 4.68. The molecule has 0 saturated carbocycles. The lowest BCUT2D eigenvalue weighted by atomic mass is 10.1. The summed E-state index contributed by atoms with van der Waals surface area (Å²) in [6.07, 6.45) is 2.52. The minimum atomic E-state index is -5.08. The molecule has 9 nitrogen and oxygen atoms in total. The first-order chi connectivity index (χ1) is 17.8. The van der Waals surface area contributed by atoms with Crippen molar-refractivity contribution in [2.75, 3.05) is 38.2 Å². The summed E-state index contributed by atoms with van der Waals surface area (Å²) < 4.78 is 39.1. The molecule has 3 aromatic heterocycles. The van der Waals surface area contributed by atoms with Crippen LogP contribution in [0.15, 0.2) is 67.3 Å². The predicted octanol–water partition coefficient (Wildman–Crippen LogP) is 3.76. The van der Waals surface area contributed by atoms with E-state index < -0.39 is 12.1 Å². The second kappa shape index (κ2) is 11.2. The molecule has 1 aliphatic heterocycles. The number of fused-ring (bicyclic) bond motifs is 1. The molecule has 194 valence electrons. The number of pyridine rings is 1. The summed E-state index contributed by atoms with van der Waals surface area (Å²) in [7, 11) is 1.68. The molecule has 5 rings (SSSR count). The number of carboxylic acid groups (broad SMARTS) is 1. The molecule has 0 atom stereocenters. The van der Waals surface area contributed by atoms with Gasteiger partial charge in [0.15, 0.2) is 11.5 Å². The van der Waals surface area contributed by atoms with Crippen LogP contribution in [-0.2, 0) is 11.3 Å². The number of ether oxygens (including phenoxy) is 1. The number of halogens is 3. The Morgan fingerprint density at radius 1 is 1.00 bits per heavy atom. The van der Waals surface area contributed by atoms with Crippen LogP contribution in [-0.4, -0.2) is 74.8 Å². The van der Waals surface area contributed by atoms with Crippen molar-refractivity contribution in [3.8, 4) is 17.0 Å². The van der Waals surface area contributed by atoms with Gasteiger partial charge in [-0.15, -0.1) is 0 Å². The summed E-state index contributed by atoms with van der Waals surface area (Å²) in [5, 5.41) is 7.12. The Labute approximate surface area is 210 Å². The Bertz CT molecular complexity index is 1320. The maximum absolute atomic E-state index is 10.6. The molecule has 1 aliphatic rings. The fraction of sp³-hybridized carbons (Fsp3) is 0.280. The van der Waals surface area contributed by atoms with Crippen LogP contribution in [0.5, 0.6) is 5.75 Å². The molecule has 1 saturated heterocycles. The molecule has 1 N–H and O–H groups in total. The van der Waals surface area contributed by atoms with Crippen LogP contribution >= 0.6 is 0 Å². The van der Waals surface area contributed by atoms with Gasteiger partial charge in [0.1, 0.15) is 5.75 Å². The Hall–Kier alpha value is -4.19. The molecule has 12 heteroatoms. The van der Waals surface area contributed by atoms with Gasteiger partial charge in [0.25, 0.3) is 0 Å². The quantitative estimate of drug-likeness (QED) is 0.430. The highest BCUT2D eigenvalue weighted by molar-refractivity contribution is 5.73. The van der Waals surface area contributed by atoms with Crippen molar-refractivity contribution in [2.45, 2.75) is 12.7 Å². The van der Waals surface area contributed by atoms with Crippen LogP contribution in [0, 0.1) is 0 Å². The topological polar surface area (TPSA) is 96.1 Å². The zero-order chi connectivity index (χ0) is 26.4. The molecule has 0 radical (unpaired) electrons. The molecule has 4 aromatic rings. The maximum Gasteiger partial charge on any atom is 0.490 e. The lowest BCUT2D eigenvalue weighted by molar-refractivity contribution is -0.192. The minimum Gasteiger partial charge on any atom is -0.497 e. The zero-order valence-corrected chi connectivity index (χ0v) is 20.0. The van der Waals surface area contributed by atoms with Gasteiger partial charge in [-0.2, -0.15) is 13.2 Å². The first-order valence-electron chi connectivity index (χ1n) is 11.4. The largest absolute Gasteiger partial charge is 0.497 e. The second-order valence-corrected chi connectivity index (χ2v) is 8.20. The van der Waals surface area contributed by atoms with E-state index in [1.807, 2.05) is 49.1 Å². The number of imidazole rings is 1. The van der Waals surface area contributed by atoms with Crippen LogP contribution in [0.1, 0.15) is 5.69 Å². The summed E-state index contributed by atoms with van der Waals surface area (Å²) in [4.78, 5) is 27.5. The van der Waals surface area contributed by atoms with E-state index in [2.05, 4.69) is 42.4 Å².